The first-order valence-corrected chi connectivity index (χ1v) is 10.0. The summed E-state index contributed by atoms with van der Waals surface area (Å²) in [4.78, 5) is 9.27. The van der Waals surface area contributed by atoms with Crippen LogP contribution in [-0.2, 0) is 6.42 Å². The van der Waals surface area contributed by atoms with Crippen LogP contribution in [0.4, 0.5) is 13.2 Å². The Labute approximate surface area is 176 Å². The van der Waals surface area contributed by atoms with Gasteiger partial charge in [0.2, 0.25) is 5.71 Å². The van der Waals surface area contributed by atoms with Crippen molar-refractivity contribution in [2.24, 2.45) is 0 Å². The lowest BCUT2D eigenvalue weighted by Crippen LogP contribution is -2.08. The lowest BCUT2D eigenvalue weighted by molar-refractivity contribution is -0.133. The third kappa shape index (κ3) is 3.63. The van der Waals surface area contributed by atoms with Gasteiger partial charge in [-0.25, -0.2) is 9.97 Å². The molecule has 0 N–H and O–H groups in total. The van der Waals surface area contributed by atoms with Gasteiger partial charge in [0.25, 0.3) is 0 Å². The zero-order valence-electron chi connectivity index (χ0n) is 17.0. The summed E-state index contributed by atoms with van der Waals surface area (Å²) in [6.07, 6.45) is -5.10. The van der Waals surface area contributed by atoms with E-state index in [1.807, 2.05) is 50.2 Å². The lowest BCUT2D eigenvalue weighted by atomic mass is 10.0. The first-order valence-electron chi connectivity index (χ1n) is 10.0. The minimum absolute atomic E-state index is 0.0643. The van der Waals surface area contributed by atoms with Gasteiger partial charge in [0, 0.05) is 33.8 Å². The van der Waals surface area contributed by atoms with Crippen LogP contribution < -0.4 is 0 Å². The van der Waals surface area contributed by atoms with Crippen molar-refractivity contribution < 1.29 is 17.6 Å². The molecule has 3 nitrogen and oxygen atoms in total. The Balaban J connectivity index is 1.66. The van der Waals surface area contributed by atoms with E-state index in [0.29, 0.717) is 28.1 Å². The average molecular weight is 420 g/mol. The number of nitrogens with zero attached hydrogens (tertiary/aromatic N) is 2. The molecule has 6 heteroatoms. The molecule has 0 saturated carbocycles. The Hall–Kier alpha value is -3.41. The van der Waals surface area contributed by atoms with Crippen molar-refractivity contribution in [1.82, 2.24) is 9.97 Å². The molecular formula is C25H19F3N2O. The van der Waals surface area contributed by atoms with E-state index in [1.165, 1.54) is 0 Å². The molecule has 156 valence electrons. The molecule has 3 heterocycles. The first-order chi connectivity index (χ1) is 14.8. The SMILES string of the molecule is Cc1cc(-c2ccc3c(CCC(F)(F)F)cccc3n2)c2oc3nc(C)ccc3c2c1. The normalized spacial score (nSPS) is 12.3. The molecule has 0 unspecified atom stereocenters. The third-order valence-corrected chi connectivity index (χ3v) is 5.50. The second-order valence-corrected chi connectivity index (χ2v) is 7.89. The van der Waals surface area contributed by atoms with Gasteiger partial charge in [0.1, 0.15) is 5.58 Å². The monoisotopic (exact) mass is 420 g/mol. The molecule has 0 spiro atoms. The fourth-order valence-corrected chi connectivity index (χ4v) is 4.05. The van der Waals surface area contributed by atoms with E-state index in [0.717, 1.165) is 33.0 Å². The highest BCUT2D eigenvalue weighted by Gasteiger charge is 2.26. The molecular weight excluding hydrogens is 401 g/mol. The van der Waals surface area contributed by atoms with Gasteiger partial charge in [-0.05, 0) is 67.8 Å². The summed E-state index contributed by atoms with van der Waals surface area (Å²) < 4.78 is 44.2. The highest BCUT2D eigenvalue weighted by atomic mass is 19.4. The van der Waals surface area contributed by atoms with Crippen molar-refractivity contribution >= 4 is 33.0 Å². The fraction of sp³-hybridized carbons (Fsp3) is 0.200. The maximum atomic E-state index is 12.7. The molecule has 0 saturated heterocycles. The van der Waals surface area contributed by atoms with Gasteiger partial charge < -0.3 is 4.42 Å². The second-order valence-electron chi connectivity index (χ2n) is 7.89. The summed E-state index contributed by atoms with van der Waals surface area (Å²) in [5.41, 5.74) is 6.09. The van der Waals surface area contributed by atoms with Crippen LogP contribution in [0.5, 0.6) is 0 Å². The van der Waals surface area contributed by atoms with Gasteiger partial charge in [-0.2, -0.15) is 13.2 Å². The molecule has 0 aliphatic carbocycles. The fourth-order valence-electron chi connectivity index (χ4n) is 4.05. The zero-order valence-corrected chi connectivity index (χ0v) is 17.0. The highest BCUT2D eigenvalue weighted by molar-refractivity contribution is 6.09. The summed E-state index contributed by atoms with van der Waals surface area (Å²) >= 11 is 0. The van der Waals surface area contributed by atoms with Gasteiger partial charge in [0.05, 0.1) is 11.2 Å². The van der Waals surface area contributed by atoms with Crippen molar-refractivity contribution in [3.05, 3.63) is 71.4 Å². The molecule has 5 rings (SSSR count). The van der Waals surface area contributed by atoms with Gasteiger partial charge in [-0.1, -0.05) is 18.2 Å². The summed E-state index contributed by atoms with van der Waals surface area (Å²) in [6.45, 7) is 3.93. The van der Waals surface area contributed by atoms with E-state index in [9.17, 15) is 13.2 Å². The van der Waals surface area contributed by atoms with Crippen molar-refractivity contribution in [2.75, 3.05) is 0 Å². The number of aryl methyl sites for hydroxylation is 3. The number of rotatable bonds is 3. The van der Waals surface area contributed by atoms with Crippen molar-refractivity contribution in [3.63, 3.8) is 0 Å². The standard InChI is InChI=1S/C25H19F3N2O/c1-14-12-19-18-7-6-15(2)29-24(18)31-23(19)20(13-14)22-9-8-17-16(10-11-25(26,27)28)4-3-5-21(17)30-22/h3-9,12-13H,10-11H2,1-2H3. The Morgan fingerprint density at radius 3 is 2.48 bits per heavy atom. The lowest BCUT2D eigenvalue weighted by Gasteiger charge is -2.10. The third-order valence-electron chi connectivity index (χ3n) is 5.50. The predicted octanol–water partition coefficient (Wildman–Crippen LogP) is 7.31. The van der Waals surface area contributed by atoms with E-state index in [1.54, 1.807) is 12.1 Å². The van der Waals surface area contributed by atoms with E-state index >= 15 is 0 Å². The second kappa shape index (κ2) is 7.08. The number of pyridine rings is 2. The van der Waals surface area contributed by atoms with E-state index in [4.69, 9.17) is 9.40 Å². The van der Waals surface area contributed by atoms with Gasteiger partial charge in [-0.15, -0.1) is 0 Å². The van der Waals surface area contributed by atoms with Crippen LogP contribution in [0.15, 0.2) is 59.0 Å². The summed E-state index contributed by atoms with van der Waals surface area (Å²) in [7, 11) is 0. The predicted molar refractivity (Wildman–Crippen MR) is 116 cm³/mol. The minimum atomic E-state index is -4.18. The van der Waals surface area contributed by atoms with Gasteiger partial charge in [-0.3, -0.25) is 0 Å². The summed E-state index contributed by atoms with van der Waals surface area (Å²) in [5.74, 6) is 0. The molecule has 0 bridgehead atoms. The van der Waals surface area contributed by atoms with Crippen molar-refractivity contribution in [3.8, 4) is 11.3 Å². The van der Waals surface area contributed by atoms with Crippen LogP contribution in [-0.4, -0.2) is 16.1 Å². The number of furan rings is 1. The number of benzene rings is 2. The highest BCUT2D eigenvalue weighted by Crippen LogP contribution is 2.36. The number of hydrogen-bond acceptors (Lipinski definition) is 3. The minimum Gasteiger partial charge on any atom is -0.437 e. The Kier molecular flexibility index (Phi) is 4.46. The molecule has 0 amide bonds. The maximum Gasteiger partial charge on any atom is 0.389 e. The molecule has 31 heavy (non-hydrogen) atoms. The van der Waals surface area contributed by atoms with Crippen LogP contribution in [0.25, 0.3) is 44.2 Å². The Morgan fingerprint density at radius 1 is 0.871 bits per heavy atom. The van der Waals surface area contributed by atoms with E-state index in [-0.39, 0.29) is 6.42 Å². The van der Waals surface area contributed by atoms with E-state index in [2.05, 4.69) is 11.1 Å². The maximum absolute atomic E-state index is 12.7. The van der Waals surface area contributed by atoms with Gasteiger partial charge >= 0.3 is 6.18 Å². The number of fused-ring (bicyclic) bond motifs is 4. The quantitative estimate of drug-likeness (QED) is 0.307. The number of hydrogen-bond donors (Lipinski definition) is 0. The summed E-state index contributed by atoms with van der Waals surface area (Å²) in [6, 6.07) is 17.0. The molecule has 3 aromatic heterocycles. The van der Waals surface area contributed by atoms with Crippen LogP contribution in [0.2, 0.25) is 0 Å². The number of alkyl halides is 3. The molecule has 0 aliphatic heterocycles. The Bertz CT molecular complexity index is 1450. The molecule has 2 aromatic carbocycles. The average Bonchev–Trinajstić information content (AvgIpc) is 3.07. The topological polar surface area (TPSA) is 38.9 Å². The van der Waals surface area contributed by atoms with E-state index < -0.39 is 12.6 Å². The number of aromatic nitrogens is 2. The smallest absolute Gasteiger partial charge is 0.389 e. The zero-order chi connectivity index (χ0) is 21.8. The van der Waals surface area contributed by atoms with Crippen molar-refractivity contribution in [1.29, 1.82) is 0 Å². The van der Waals surface area contributed by atoms with Crippen LogP contribution >= 0.6 is 0 Å². The Morgan fingerprint density at radius 2 is 1.68 bits per heavy atom. The molecule has 0 radical (unpaired) electrons. The first kappa shape index (κ1) is 19.5. The molecule has 0 fully saturated rings. The largest absolute Gasteiger partial charge is 0.437 e. The van der Waals surface area contributed by atoms with Crippen LogP contribution in [0.3, 0.4) is 0 Å². The molecule has 5 aromatic rings. The number of halogens is 3. The van der Waals surface area contributed by atoms with Crippen molar-refractivity contribution in [2.45, 2.75) is 32.9 Å². The summed E-state index contributed by atoms with van der Waals surface area (Å²) in [5, 5.41) is 2.65. The van der Waals surface area contributed by atoms with Crippen LogP contribution in [0.1, 0.15) is 23.2 Å². The van der Waals surface area contributed by atoms with Gasteiger partial charge in [0.15, 0.2) is 0 Å². The molecule has 0 atom stereocenters. The van der Waals surface area contributed by atoms with Crippen LogP contribution in [0, 0.1) is 13.8 Å². The molecule has 0 aliphatic rings.